The van der Waals surface area contributed by atoms with Gasteiger partial charge in [0.25, 0.3) is 0 Å². The maximum absolute atomic E-state index is 4.68. The van der Waals surface area contributed by atoms with Crippen LogP contribution in [0.2, 0.25) is 0 Å². The summed E-state index contributed by atoms with van der Waals surface area (Å²) in [6.45, 7) is 8.90. The Balaban J connectivity index is 1.70. The van der Waals surface area contributed by atoms with Crippen LogP contribution >= 0.6 is 0 Å². The van der Waals surface area contributed by atoms with Gasteiger partial charge in [0.2, 0.25) is 0 Å². The first-order valence-electron chi connectivity index (χ1n) is 11.1. The normalized spacial score (nSPS) is 11.7. The van der Waals surface area contributed by atoms with Crippen LogP contribution in [0, 0.1) is 0 Å². The van der Waals surface area contributed by atoms with Crippen molar-refractivity contribution >= 4 is 11.0 Å². The number of hydrogen-bond donors (Lipinski definition) is 0. The highest BCUT2D eigenvalue weighted by molar-refractivity contribution is 5.82. The Bertz CT molecular complexity index is 1350. The Morgan fingerprint density at radius 3 is 2.16 bits per heavy atom. The van der Waals surface area contributed by atoms with Crippen molar-refractivity contribution in [3.05, 3.63) is 90.5 Å². The molecule has 0 aliphatic carbocycles. The van der Waals surface area contributed by atoms with E-state index in [0.717, 1.165) is 33.8 Å². The summed E-state index contributed by atoms with van der Waals surface area (Å²) in [7, 11) is 0. The standard InChI is InChI=1S/C27H27N5/c1-18(2)22-11-8-12-23(19(3)4)26(22)32-27(28-16-30-32)20-13-14-24-25(15-20)31(17-29-24)21-9-6-5-7-10-21/h5-19H,1-4H3. The van der Waals surface area contributed by atoms with Crippen molar-refractivity contribution in [2.24, 2.45) is 0 Å². The van der Waals surface area contributed by atoms with Crippen molar-refractivity contribution in [1.82, 2.24) is 24.3 Å². The molecule has 3 aromatic carbocycles. The van der Waals surface area contributed by atoms with E-state index in [9.17, 15) is 0 Å². The van der Waals surface area contributed by atoms with Crippen LogP contribution in [0.1, 0.15) is 50.7 Å². The fourth-order valence-electron chi connectivity index (χ4n) is 4.30. The number of aromatic nitrogens is 5. The molecule has 5 aromatic rings. The molecule has 0 fully saturated rings. The van der Waals surface area contributed by atoms with E-state index in [0.29, 0.717) is 11.8 Å². The van der Waals surface area contributed by atoms with Crippen molar-refractivity contribution < 1.29 is 0 Å². The average Bonchev–Trinajstić information content (AvgIpc) is 3.45. The van der Waals surface area contributed by atoms with Crippen LogP contribution in [0.15, 0.2) is 79.4 Å². The molecule has 32 heavy (non-hydrogen) atoms. The van der Waals surface area contributed by atoms with E-state index in [-0.39, 0.29) is 0 Å². The van der Waals surface area contributed by atoms with Gasteiger partial charge in [-0.1, -0.05) is 64.1 Å². The lowest BCUT2D eigenvalue weighted by Crippen LogP contribution is -2.09. The summed E-state index contributed by atoms with van der Waals surface area (Å²) >= 11 is 0. The van der Waals surface area contributed by atoms with E-state index in [1.165, 1.54) is 11.1 Å². The lowest BCUT2D eigenvalue weighted by Gasteiger charge is -2.20. The van der Waals surface area contributed by atoms with E-state index in [2.05, 4.69) is 95.9 Å². The monoisotopic (exact) mass is 421 g/mol. The van der Waals surface area contributed by atoms with Gasteiger partial charge in [-0.05, 0) is 53.3 Å². The van der Waals surface area contributed by atoms with Crippen LogP contribution < -0.4 is 0 Å². The maximum Gasteiger partial charge on any atom is 0.163 e. The van der Waals surface area contributed by atoms with E-state index < -0.39 is 0 Å². The third kappa shape index (κ3) is 3.40. The molecule has 0 N–H and O–H groups in total. The second kappa shape index (κ2) is 8.08. The zero-order chi connectivity index (χ0) is 22.2. The third-order valence-electron chi connectivity index (χ3n) is 5.94. The zero-order valence-electron chi connectivity index (χ0n) is 18.9. The summed E-state index contributed by atoms with van der Waals surface area (Å²) in [6.07, 6.45) is 3.52. The van der Waals surface area contributed by atoms with Gasteiger partial charge in [0.15, 0.2) is 5.82 Å². The van der Waals surface area contributed by atoms with Gasteiger partial charge < -0.3 is 0 Å². The molecule has 160 valence electrons. The molecule has 2 aromatic heterocycles. The summed E-state index contributed by atoms with van der Waals surface area (Å²) in [5.41, 5.74) is 7.79. The van der Waals surface area contributed by atoms with Crippen molar-refractivity contribution in [3.8, 4) is 22.8 Å². The van der Waals surface area contributed by atoms with E-state index >= 15 is 0 Å². The summed E-state index contributed by atoms with van der Waals surface area (Å²) in [4.78, 5) is 9.27. The first-order chi connectivity index (χ1) is 15.5. The van der Waals surface area contributed by atoms with Crippen molar-refractivity contribution in [1.29, 1.82) is 0 Å². The minimum absolute atomic E-state index is 0.378. The fraction of sp³-hybridized carbons (Fsp3) is 0.222. The highest BCUT2D eigenvalue weighted by Gasteiger charge is 2.20. The Morgan fingerprint density at radius 1 is 0.750 bits per heavy atom. The molecule has 0 unspecified atom stereocenters. The lowest BCUT2D eigenvalue weighted by molar-refractivity contribution is 0.773. The summed E-state index contributed by atoms with van der Waals surface area (Å²) in [6, 6.07) is 23.1. The molecular weight excluding hydrogens is 394 g/mol. The van der Waals surface area contributed by atoms with E-state index in [4.69, 9.17) is 0 Å². The molecule has 0 aliphatic rings. The van der Waals surface area contributed by atoms with Crippen molar-refractivity contribution in [3.63, 3.8) is 0 Å². The topological polar surface area (TPSA) is 48.5 Å². The quantitative estimate of drug-likeness (QED) is 0.324. The van der Waals surface area contributed by atoms with Crippen LogP contribution in [0.4, 0.5) is 0 Å². The van der Waals surface area contributed by atoms with Crippen LogP contribution in [-0.4, -0.2) is 24.3 Å². The number of imidazole rings is 1. The zero-order valence-corrected chi connectivity index (χ0v) is 18.9. The summed E-state index contributed by atoms with van der Waals surface area (Å²) in [5.74, 6) is 1.59. The highest BCUT2D eigenvalue weighted by atomic mass is 15.3. The van der Waals surface area contributed by atoms with Crippen LogP contribution in [0.3, 0.4) is 0 Å². The minimum atomic E-state index is 0.378. The molecular formula is C27H27N5. The molecule has 0 aliphatic heterocycles. The molecule has 0 atom stereocenters. The Kier molecular flexibility index (Phi) is 5.10. The van der Waals surface area contributed by atoms with Crippen molar-refractivity contribution in [2.45, 2.75) is 39.5 Å². The smallest absolute Gasteiger partial charge is 0.163 e. The molecule has 0 bridgehead atoms. The van der Waals surface area contributed by atoms with Gasteiger partial charge in [-0.15, -0.1) is 0 Å². The first kappa shape index (κ1) is 20.2. The Morgan fingerprint density at radius 2 is 1.47 bits per heavy atom. The maximum atomic E-state index is 4.68. The van der Waals surface area contributed by atoms with Crippen molar-refractivity contribution in [2.75, 3.05) is 0 Å². The lowest BCUT2D eigenvalue weighted by atomic mass is 9.92. The minimum Gasteiger partial charge on any atom is -0.299 e. The SMILES string of the molecule is CC(C)c1cccc(C(C)C)c1-n1ncnc1-c1ccc2ncn(-c3ccccc3)c2c1. The van der Waals surface area contributed by atoms with Gasteiger partial charge in [0, 0.05) is 11.3 Å². The number of hydrogen-bond acceptors (Lipinski definition) is 3. The fourth-order valence-corrected chi connectivity index (χ4v) is 4.30. The molecule has 0 saturated carbocycles. The van der Waals surface area contributed by atoms with Gasteiger partial charge in [-0.25, -0.2) is 14.6 Å². The molecule has 2 heterocycles. The molecule has 0 spiro atoms. The number of fused-ring (bicyclic) bond motifs is 1. The van der Waals surface area contributed by atoms with Gasteiger partial charge in [0.05, 0.1) is 16.7 Å². The van der Waals surface area contributed by atoms with Gasteiger partial charge in [0.1, 0.15) is 12.7 Å². The number of para-hydroxylation sites is 2. The average molecular weight is 422 g/mol. The van der Waals surface area contributed by atoms with E-state index in [1.54, 1.807) is 6.33 Å². The Labute approximate surface area is 188 Å². The molecule has 5 rings (SSSR count). The second-order valence-electron chi connectivity index (χ2n) is 8.74. The first-order valence-corrected chi connectivity index (χ1v) is 11.1. The van der Waals surface area contributed by atoms with Gasteiger partial charge in [-0.3, -0.25) is 4.57 Å². The van der Waals surface area contributed by atoms with E-state index in [1.807, 2.05) is 29.2 Å². The molecule has 5 nitrogen and oxygen atoms in total. The largest absolute Gasteiger partial charge is 0.299 e. The second-order valence-corrected chi connectivity index (χ2v) is 8.74. The summed E-state index contributed by atoms with van der Waals surface area (Å²) in [5, 5.41) is 4.68. The summed E-state index contributed by atoms with van der Waals surface area (Å²) < 4.78 is 4.12. The van der Waals surface area contributed by atoms with Crippen LogP contribution in [0.25, 0.3) is 33.8 Å². The highest BCUT2D eigenvalue weighted by Crippen LogP contribution is 2.33. The molecule has 0 amide bonds. The predicted octanol–water partition coefficient (Wildman–Crippen LogP) is 6.52. The van der Waals surface area contributed by atoms with Crippen LogP contribution in [-0.2, 0) is 0 Å². The molecule has 0 saturated heterocycles. The number of nitrogens with zero attached hydrogens (tertiary/aromatic N) is 5. The number of benzene rings is 3. The third-order valence-corrected chi connectivity index (χ3v) is 5.94. The van der Waals surface area contributed by atoms with Gasteiger partial charge in [-0.2, -0.15) is 5.10 Å². The number of rotatable bonds is 5. The van der Waals surface area contributed by atoms with Crippen LogP contribution in [0.5, 0.6) is 0 Å². The van der Waals surface area contributed by atoms with Gasteiger partial charge >= 0.3 is 0 Å². The molecule has 0 radical (unpaired) electrons. The predicted molar refractivity (Wildman–Crippen MR) is 130 cm³/mol. The molecule has 5 heteroatoms. The Hall–Kier alpha value is -3.73.